The lowest BCUT2D eigenvalue weighted by molar-refractivity contribution is -0.386. The molecule has 2 heterocycles. The number of rotatable bonds is 8. The maximum absolute atomic E-state index is 12.8. The smallest absolute Gasteiger partial charge is 0.312 e. The highest BCUT2D eigenvalue weighted by molar-refractivity contribution is 6.03. The van der Waals surface area contributed by atoms with E-state index in [-0.39, 0.29) is 40.9 Å². The molecule has 0 unspecified atom stereocenters. The molecule has 0 atom stereocenters. The minimum absolute atomic E-state index is 0.0407. The lowest BCUT2D eigenvalue weighted by atomic mass is 10.2. The number of aromatic nitrogens is 4. The number of hydrogen-bond acceptors (Lipinski definition) is 8. The molecule has 0 bridgehead atoms. The Balaban J connectivity index is 1.53. The largest absolute Gasteiger partial charge is 0.457 e. The Labute approximate surface area is 204 Å². The summed E-state index contributed by atoms with van der Waals surface area (Å²) in [5.41, 5.74) is 1.34. The van der Waals surface area contributed by atoms with Crippen LogP contribution in [0.3, 0.4) is 0 Å². The molecule has 13 heteroatoms. The van der Waals surface area contributed by atoms with Gasteiger partial charge in [-0.25, -0.2) is 4.68 Å². The van der Waals surface area contributed by atoms with E-state index in [0.717, 1.165) is 5.56 Å². The normalized spacial score (nSPS) is 10.8. The number of carbonyl (C=O) groups is 1. The van der Waals surface area contributed by atoms with Crippen LogP contribution in [0, 0.1) is 41.0 Å². The summed E-state index contributed by atoms with van der Waals surface area (Å²) >= 11 is 0. The Morgan fingerprint density at radius 1 is 1.03 bits per heavy atom. The third-order valence-corrected chi connectivity index (χ3v) is 5.36. The summed E-state index contributed by atoms with van der Waals surface area (Å²) in [6, 6.07) is 12.6. The molecule has 1 N–H and O–H groups in total. The van der Waals surface area contributed by atoms with Gasteiger partial charge in [-0.1, -0.05) is 18.2 Å². The molecule has 0 radical (unpaired) electrons. The molecule has 184 valence electrons. The van der Waals surface area contributed by atoms with Crippen molar-refractivity contribution in [2.24, 2.45) is 0 Å². The van der Waals surface area contributed by atoms with Crippen molar-refractivity contribution in [3.05, 3.63) is 97.6 Å². The molecule has 36 heavy (non-hydrogen) atoms. The van der Waals surface area contributed by atoms with E-state index in [4.69, 9.17) is 4.74 Å². The summed E-state index contributed by atoms with van der Waals surface area (Å²) in [4.78, 5) is 34.3. The second-order valence-corrected chi connectivity index (χ2v) is 7.95. The van der Waals surface area contributed by atoms with E-state index in [1.54, 1.807) is 26.0 Å². The molecule has 0 saturated heterocycles. The van der Waals surface area contributed by atoms with Gasteiger partial charge in [0.05, 0.1) is 21.6 Å². The van der Waals surface area contributed by atoms with E-state index in [0.29, 0.717) is 11.4 Å². The molecule has 0 aliphatic rings. The number of nitro groups is 2. The number of hydrogen-bond donors (Lipinski definition) is 1. The van der Waals surface area contributed by atoms with Crippen molar-refractivity contribution in [2.45, 2.75) is 27.4 Å². The van der Waals surface area contributed by atoms with Crippen molar-refractivity contribution in [2.75, 3.05) is 5.32 Å². The number of ether oxygens (including phenoxy) is 1. The summed E-state index contributed by atoms with van der Waals surface area (Å²) < 4.78 is 8.62. The average molecular weight is 491 g/mol. The van der Waals surface area contributed by atoms with Crippen LogP contribution in [-0.2, 0) is 6.67 Å². The summed E-state index contributed by atoms with van der Waals surface area (Å²) in [5.74, 6) is 0.110. The van der Waals surface area contributed by atoms with Gasteiger partial charge < -0.3 is 10.1 Å². The maximum Gasteiger partial charge on any atom is 0.312 e. The predicted molar refractivity (Wildman–Crippen MR) is 128 cm³/mol. The Morgan fingerprint density at radius 3 is 2.44 bits per heavy atom. The fourth-order valence-corrected chi connectivity index (χ4v) is 3.60. The second kappa shape index (κ2) is 9.66. The van der Waals surface area contributed by atoms with Gasteiger partial charge in [-0.05, 0) is 38.5 Å². The zero-order valence-corrected chi connectivity index (χ0v) is 19.5. The van der Waals surface area contributed by atoms with Crippen molar-refractivity contribution in [3.63, 3.8) is 0 Å². The van der Waals surface area contributed by atoms with Gasteiger partial charge in [0.15, 0.2) is 5.69 Å². The first kappa shape index (κ1) is 24.1. The third-order valence-electron chi connectivity index (χ3n) is 5.36. The first-order chi connectivity index (χ1) is 17.1. The van der Waals surface area contributed by atoms with E-state index in [2.05, 4.69) is 15.5 Å². The van der Waals surface area contributed by atoms with E-state index < -0.39 is 15.8 Å². The second-order valence-electron chi connectivity index (χ2n) is 7.95. The van der Waals surface area contributed by atoms with Crippen LogP contribution < -0.4 is 10.1 Å². The molecule has 0 aliphatic carbocycles. The van der Waals surface area contributed by atoms with Gasteiger partial charge >= 0.3 is 5.69 Å². The summed E-state index contributed by atoms with van der Waals surface area (Å²) in [6.07, 6.45) is 1.53. The van der Waals surface area contributed by atoms with Crippen molar-refractivity contribution < 1.29 is 19.4 Å². The summed E-state index contributed by atoms with van der Waals surface area (Å²) in [5, 5.41) is 33.6. The van der Waals surface area contributed by atoms with Gasteiger partial charge in [0.2, 0.25) is 0 Å². The summed E-state index contributed by atoms with van der Waals surface area (Å²) in [6.45, 7) is 5.02. The van der Waals surface area contributed by atoms with Crippen molar-refractivity contribution >= 4 is 23.0 Å². The van der Waals surface area contributed by atoms with Crippen LogP contribution in [0.5, 0.6) is 11.5 Å². The molecule has 0 fully saturated rings. The molecule has 0 spiro atoms. The van der Waals surface area contributed by atoms with Gasteiger partial charge in [-0.2, -0.15) is 10.2 Å². The topological polar surface area (TPSA) is 160 Å². The number of nitrogens with one attached hydrogen (secondary N) is 1. The molecule has 2 aromatic carbocycles. The standard InChI is InChI=1S/C23H21N7O6/c1-14-6-4-5-7-21(14)36-19-11-17(10-18(12-19)29(32)33)24-23(31)20-8-9-27(26-20)13-28-16(3)22(30(34)35)15(2)25-28/h4-12H,13H2,1-3H3,(H,24,31). The number of nitrogens with zero attached hydrogens (tertiary/aromatic N) is 6. The quantitative estimate of drug-likeness (QED) is 0.281. The number of anilines is 1. The summed E-state index contributed by atoms with van der Waals surface area (Å²) in [7, 11) is 0. The van der Waals surface area contributed by atoms with Crippen molar-refractivity contribution in [1.29, 1.82) is 0 Å². The lowest BCUT2D eigenvalue weighted by Crippen LogP contribution is -2.16. The van der Waals surface area contributed by atoms with Gasteiger partial charge in [-0.15, -0.1) is 0 Å². The number of para-hydroxylation sites is 1. The highest BCUT2D eigenvalue weighted by Gasteiger charge is 2.22. The number of carbonyl (C=O) groups excluding carboxylic acids is 1. The molecular weight excluding hydrogens is 470 g/mol. The Bertz CT molecular complexity index is 1490. The van der Waals surface area contributed by atoms with Gasteiger partial charge in [0.1, 0.15) is 29.6 Å². The Morgan fingerprint density at radius 2 is 1.78 bits per heavy atom. The third kappa shape index (κ3) is 5.04. The number of amides is 1. The maximum atomic E-state index is 12.8. The molecule has 4 aromatic rings. The van der Waals surface area contributed by atoms with Gasteiger partial charge in [-0.3, -0.25) is 29.7 Å². The van der Waals surface area contributed by atoms with Crippen molar-refractivity contribution in [3.8, 4) is 11.5 Å². The van der Waals surface area contributed by atoms with E-state index >= 15 is 0 Å². The van der Waals surface area contributed by atoms with E-state index in [1.807, 2.05) is 19.1 Å². The molecule has 1 amide bonds. The van der Waals surface area contributed by atoms with Gasteiger partial charge in [0.25, 0.3) is 11.6 Å². The average Bonchev–Trinajstić information content (AvgIpc) is 3.39. The zero-order chi connectivity index (χ0) is 26.0. The highest BCUT2D eigenvalue weighted by atomic mass is 16.6. The first-order valence-electron chi connectivity index (χ1n) is 10.7. The van der Waals surface area contributed by atoms with Crippen LogP contribution >= 0.6 is 0 Å². The molecule has 4 rings (SSSR count). The highest BCUT2D eigenvalue weighted by Crippen LogP contribution is 2.31. The van der Waals surface area contributed by atoms with Gasteiger partial charge in [0, 0.05) is 18.3 Å². The van der Waals surface area contributed by atoms with Crippen LogP contribution in [0.15, 0.2) is 54.7 Å². The lowest BCUT2D eigenvalue weighted by Gasteiger charge is -2.10. The zero-order valence-electron chi connectivity index (χ0n) is 19.5. The van der Waals surface area contributed by atoms with Crippen LogP contribution in [0.25, 0.3) is 0 Å². The van der Waals surface area contributed by atoms with E-state index in [1.165, 1.54) is 39.8 Å². The molecule has 2 aromatic heterocycles. The molecule has 13 nitrogen and oxygen atoms in total. The Kier molecular flexibility index (Phi) is 6.46. The number of nitro benzene ring substituents is 1. The van der Waals surface area contributed by atoms with Crippen LogP contribution in [0.4, 0.5) is 17.1 Å². The Hall–Kier alpha value is -5.07. The SMILES string of the molecule is Cc1ccccc1Oc1cc(NC(=O)c2ccn(Cn3nc(C)c([N+](=O)[O-])c3C)n2)cc([N+](=O)[O-])c1. The number of non-ortho nitro benzene ring substituents is 1. The fourth-order valence-electron chi connectivity index (χ4n) is 3.60. The van der Waals surface area contributed by atoms with Crippen LogP contribution in [-0.4, -0.2) is 35.3 Å². The molecule has 0 saturated carbocycles. The van der Waals surface area contributed by atoms with E-state index in [9.17, 15) is 25.0 Å². The molecule has 0 aliphatic heterocycles. The fraction of sp³-hybridized carbons (Fsp3) is 0.174. The minimum atomic E-state index is -0.601. The van der Waals surface area contributed by atoms with Crippen LogP contribution in [0.1, 0.15) is 27.4 Å². The monoisotopic (exact) mass is 491 g/mol. The first-order valence-corrected chi connectivity index (χ1v) is 10.7. The van der Waals surface area contributed by atoms with Crippen LogP contribution in [0.2, 0.25) is 0 Å². The molecular formula is C23H21N7O6. The minimum Gasteiger partial charge on any atom is -0.457 e. The van der Waals surface area contributed by atoms with Crippen molar-refractivity contribution in [1.82, 2.24) is 19.6 Å². The predicted octanol–water partition coefficient (Wildman–Crippen LogP) is 4.37. The number of benzene rings is 2. The number of aryl methyl sites for hydroxylation is 2.